The first-order valence-corrected chi connectivity index (χ1v) is 13.9. The third-order valence-electron chi connectivity index (χ3n) is 6.99. The summed E-state index contributed by atoms with van der Waals surface area (Å²) >= 11 is 0. The van der Waals surface area contributed by atoms with E-state index in [1.165, 1.54) is 18.2 Å². The fourth-order valence-corrected chi connectivity index (χ4v) is 6.85. The second-order valence-electron chi connectivity index (χ2n) is 9.43. The van der Waals surface area contributed by atoms with Gasteiger partial charge >= 0.3 is 12.6 Å². The minimum atomic E-state index is -4.13. The number of aryl methyl sites for hydroxylation is 2. The lowest BCUT2D eigenvalue weighted by atomic mass is 9.99. The maximum absolute atomic E-state index is 14.8. The Hall–Kier alpha value is -3.38. The SMILES string of the molecule is COc1ccc(C(C)NS(=O)(=NC(=O)Nc2c3c(cc4c2CCC4)CCC3)c2nn(C(F)F)cc2F)cc1. The normalized spacial score (nSPS) is 16.6. The molecule has 2 N–H and O–H groups in total. The van der Waals surface area contributed by atoms with Gasteiger partial charge in [0.15, 0.2) is 15.7 Å². The maximum Gasteiger partial charge on any atom is 0.354 e. The first-order valence-electron chi connectivity index (χ1n) is 12.4. The highest BCUT2D eigenvalue weighted by molar-refractivity contribution is 7.92. The zero-order valence-corrected chi connectivity index (χ0v) is 21.8. The van der Waals surface area contributed by atoms with Gasteiger partial charge in [-0.2, -0.15) is 13.9 Å². The second-order valence-corrected chi connectivity index (χ2v) is 11.3. The maximum atomic E-state index is 14.8. The van der Waals surface area contributed by atoms with Crippen LogP contribution in [-0.2, 0) is 35.6 Å². The molecular formula is C26H28F3N5O3S. The summed E-state index contributed by atoms with van der Waals surface area (Å²) in [7, 11) is -2.62. The summed E-state index contributed by atoms with van der Waals surface area (Å²) in [4.78, 5) is 13.2. The number of aromatic nitrogens is 2. The topological polar surface area (TPSA) is 97.6 Å². The lowest BCUT2D eigenvalue weighted by molar-refractivity contribution is 0.0551. The minimum absolute atomic E-state index is 0.0500. The molecule has 0 fully saturated rings. The van der Waals surface area contributed by atoms with Gasteiger partial charge in [0.2, 0.25) is 5.03 Å². The first-order chi connectivity index (χ1) is 18.2. The number of ether oxygens (including phenoxy) is 1. The summed E-state index contributed by atoms with van der Waals surface area (Å²) < 4.78 is 67.1. The van der Waals surface area contributed by atoms with Gasteiger partial charge in [-0.05, 0) is 85.4 Å². The Bertz CT molecular complexity index is 1460. The van der Waals surface area contributed by atoms with Gasteiger partial charge in [-0.25, -0.2) is 22.8 Å². The van der Waals surface area contributed by atoms with Crippen LogP contribution in [0.15, 0.2) is 45.9 Å². The van der Waals surface area contributed by atoms with Crippen LogP contribution in [-0.4, -0.2) is 27.1 Å². The molecule has 38 heavy (non-hydrogen) atoms. The molecule has 202 valence electrons. The summed E-state index contributed by atoms with van der Waals surface area (Å²) in [5, 5.41) is 5.43. The van der Waals surface area contributed by atoms with Crippen LogP contribution in [0.3, 0.4) is 0 Å². The summed E-state index contributed by atoms with van der Waals surface area (Å²) in [6.07, 6.45) is 5.79. The number of nitrogens with zero attached hydrogens (tertiary/aromatic N) is 3. The zero-order chi connectivity index (χ0) is 27.0. The molecule has 1 heterocycles. The van der Waals surface area contributed by atoms with Crippen LogP contribution in [0.2, 0.25) is 0 Å². The number of carbonyl (C=O) groups excluding carboxylic acids is 1. The van der Waals surface area contributed by atoms with E-state index < -0.39 is 39.4 Å². The van der Waals surface area contributed by atoms with Crippen molar-refractivity contribution in [3.8, 4) is 5.75 Å². The van der Waals surface area contributed by atoms with Gasteiger partial charge in [0, 0.05) is 11.7 Å². The monoisotopic (exact) mass is 547 g/mol. The van der Waals surface area contributed by atoms with Gasteiger partial charge in [-0.3, -0.25) is 0 Å². The van der Waals surface area contributed by atoms with Crippen LogP contribution in [0.5, 0.6) is 5.75 Å². The van der Waals surface area contributed by atoms with Crippen molar-refractivity contribution in [3.63, 3.8) is 0 Å². The van der Waals surface area contributed by atoms with E-state index in [9.17, 15) is 22.2 Å². The predicted molar refractivity (Wildman–Crippen MR) is 136 cm³/mol. The Morgan fingerprint density at radius 2 is 1.74 bits per heavy atom. The van der Waals surface area contributed by atoms with E-state index >= 15 is 0 Å². The Labute approximate surface area is 218 Å². The van der Waals surface area contributed by atoms with Crippen LogP contribution >= 0.6 is 0 Å². The van der Waals surface area contributed by atoms with Crippen LogP contribution < -0.4 is 14.8 Å². The summed E-state index contributed by atoms with van der Waals surface area (Å²) in [5.41, 5.74) is 5.72. The number of hydrogen-bond donors (Lipinski definition) is 2. The quantitative estimate of drug-likeness (QED) is 0.395. The number of benzene rings is 2. The fraction of sp³-hybridized carbons (Fsp3) is 0.385. The van der Waals surface area contributed by atoms with Crippen molar-refractivity contribution in [3.05, 3.63) is 70.2 Å². The molecular weight excluding hydrogens is 519 g/mol. The van der Waals surface area contributed by atoms with Crippen molar-refractivity contribution in [2.45, 2.75) is 63.1 Å². The molecule has 0 saturated carbocycles. The standard InChI is InChI=1S/C26H28F3N5O3S/c1-15(16-9-11-19(37-2)12-10-16)32-38(36,24-22(27)14-34(31-24)25(28)29)33-26(35)30-23-20-7-3-5-17(20)13-18-6-4-8-21(18)23/h9-15,25H,3-8H2,1-2H3,(H2,30,32,33,35,36). The first kappa shape index (κ1) is 26.2. The molecule has 12 heteroatoms. The number of alkyl halides is 2. The summed E-state index contributed by atoms with van der Waals surface area (Å²) in [6.45, 7) is -1.53. The smallest absolute Gasteiger partial charge is 0.354 e. The number of methoxy groups -OCH3 is 1. The number of hydrogen-bond acceptors (Lipinski definition) is 4. The van der Waals surface area contributed by atoms with E-state index in [1.54, 1.807) is 31.2 Å². The largest absolute Gasteiger partial charge is 0.497 e. The number of fused-ring (bicyclic) bond motifs is 2. The van der Waals surface area contributed by atoms with E-state index in [0.717, 1.165) is 49.7 Å². The highest BCUT2D eigenvalue weighted by Gasteiger charge is 2.29. The summed E-state index contributed by atoms with van der Waals surface area (Å²) in [6, 6.07) is 7.27. The molecule has 2 atom stereocenters. The van der Waals surface area contributed by atoms with E-state index in [4.69, 9.17) is 4.74 Å². The number of urea groups is 1. The molecule has 2 aliphatic rings. The molecule has 1 aromatic heterocycles. The molecule has 0 bridgehead atoms. The average molecular weight is 548 g/mol. The van der Waals surface area contributed by atoms with E-state index in [0.29, 0.717) is 23.2 Å². The van der Waals surface area contributed by atoms with Crippen molar-refractivity contribution in [1.29, 1.82) is 0 Å². The Balaban J connectivity index is 1.53. The number of amides is 2. The molecule has 2 aromatic carbocycles. The van der Waals surface area contributed by atoms with Gasteiger partial charge < -0.3 is 10.1 Å². The molecule has 0 radical (unpaired) electrons. The highest BCUT2D eigenvalue weighted by atomic mass is 32.2. The van der Waals surface area contributed by atoms with Crippen LogP contribution in [0.25, 0.3) is 0 Å². The van der Waals surface area contributed by atoms with Crippen molar-refractivity contribution in [2.75, 3.05) is 12.4 Å². The van der Waals surface area contributed by atoms with Crippen LogP contribution in [0, 0.1) is 5.82 Å². The molecule has 2 unspecified atom stereocenters. The number of nitrogens with one attached hydrogen (secondary N) is 2. The molecule has 8 nitrogen and oxygen atoms in total. The van der Waals surface area contributed by atoms with Gasteiger partial charge in [0.1, 0.15) is 5.75 Å². The van der Waals surface area contributed by atoms with Crippen LogP contribution in [0.1, 0.15) is 60.2 Å². The zero-order valence-electron chi connectivity index (χ0n) is 21.0. The van der Waals surface area contributed by atoms with Crippen molar-refractivity contribution in [2.24, 2.45) is 4.36 Å². The minimum Gasteiger partial charge on any atom is -0.497 e. The van der Waals surface area contributed by atoms with E-state index in [1.807, 2.05) is 0 Å². The van der Waals surface area contributed by atoms with Crippen molar-refractivity contribution in [1.82, 2.24) is 14.5 Å². The Morgan fingerprint density at radius 3 is 2.29 bits per heavy atom. The molecule has 5 rings (SSSR count). The molecule has 2 amide bonds. The van der Waals surface area contributed by atoms with E-state index in [2.05, 4.69) is 25.6 Å². The van der Waals surface area contributed by atoms with Gasteiger partial charge in [0.25, 0.3) is 0 Å². The highest BCUT2D eigenvalue weighted by Crippen LogP contribution is 2.38. The molecule has 0 aliphatic heterocycles. The van der Waals surface area contributed by atoms with Gasteiger partial charge in [-0.1, -0.05) is 18.2 Å². The van der Waals surface area contributed by atoms with Gasteiger partial charge in [0.05, 0.1) is 13.3 Å². The Kier molecular flexibility index (Phi) is 7.19. The number of carbonyl (C=O) groups is 1. The van der Waals surface area contributed by atoms with E-state index in [-0.39, 0.29) is 4.68 Å². The molecule has 0 saturated heterocycles. The number of halogens is 3. The predicted octanol–water partition coefficient (Wildman–Crippen LogP) is 5.73. The number of anilines is 1. The second kappa shape index (κ2) is 10.4. The molecule has 2 aliphatic carbocycles. The van der Waals surface area contributed by atoms with Crippen LogP contribution in [0.4, 0.5) is 23.7 Å². The Morgan fingerprint density at radius 1 is 1.11 bits per heavy atom. The third-order valence-corrected chi connectivity index (χ3v) is 8.88. The molecule has 3 aromatic rings. The lowest BCUT2D eigenvalue weighted by Crippen LogP contribution is -2.29. The fourth-order valence-electron chi connectivity index (χ4n) is 5.18. The number of rotatable bonds is 7. The third kappa shape index (κ3) is 5.02. The average Bonchev–Trinajstić information content (AvgIpc) is 3.63. The lowest BCUT2D eigenvalue weighted by Gasteiger charge is -2.18. The van der Waals surface area contributed by atoms with Crippen molar-refractivity contribution >= 4 is 21.6 Å². The summed E-state index contributed by atoms with van der Waals surface area (Å²) in [5.74, 6) is -0.668. The van der Waals surface area contributed by atoms with Crippen molar-refractivity contribution < 1.29 is 26.9 Å². The van der Waals surface area contributed by atoms with Gasteiger partial charge in [-0.15, -0.1) is 4.36 Å². The molecule has 0 spiro atoms.